The fourth-order valence-corrected chi connectivity index (χ4v) is 4.26. The summed E-state index contributed by atoms with van der Waals surface area (Å²) in [6.07, 6.45) is 0. The topological polar surface area (TPSA) is 108 Å². The van der Waals surface area contributed by atoms with Gasteiger partial charge in [0, 0.05) is 5.56 Å². The van der Waals surface area contributed by atoms with Gasteiger partial charge in [-0.05, 0) is 63.4 Å². The first kappa shape index (κ1) is 23.9. The Hall–Kier alpha value is -4.27. The molecule has 4 aromatic rings. The number of hydrogen-bond acceptors (Lipinski definition) is 5. The standard InChI is InChI=1S/C26H28N6O3/c1-16-9-6-7-11-23(16)15-31-19(4)24(17(2)28-31)27-26(33)22-12-8-10-21(13-22)14-30-20(5)25(32(34)35)18(3)29-30/h6-13H,14-15H2,1-5H3,(H,27,33). The third-order valence-electron chi connectivity index (χ3n) is 6.25. The second-order valence-corrected chi connectivity index (χ2v) is 8.72. The minimum Gasteiger partial charge on any atom is -0.319 e. The van der Waals surface area contributed by atoms with Gasteiger partial charge in [-0.15, -0.1) is 0 Å². The van der Waals surface area contributed by atoms with Crippen molar-refractivity contribution >= 4 is 17.3 Å². The van der Waals surface area contributed by atoms with Gasteiger partial charge in [0.2, 0.25) is 0 Å². The maximum atomic E-state index is 13.1. The molecule has 0 saturated heterocycles. The predicted octanol–water partition coefficient (Wildman–Crippen LogP) is 4.88. The average Bonchev–Trinajstić information content (AvgIpc) is 3.24. The second kappa shape index (κ2) is 9.54. The Bertz CT molecular complexity index is 1430. The molecule has 2 heterocycles. The monoisotopic (exact) mass is 472 g/mol. The summed E-state index contributed by atoms with van der Waals surface area (Å²) < 4.78 is 3.49. The average molecular weight is 473 g/mol. The Morgan fingerprint density at radius 2 is 1.60 bits per heavy atom. The third kappa shape index (κ3) is 4.84. The predicted molar refractivity (Wildman–Crippen MR) is 134 cm³/mol. The summed E-state index contributed by atoms with van der Waals surface area (Å²) in [6, 6.07) is 15.4. The molecule has 0 aliphatic rings. The van der Waals surface area contributed by atoms with Gasteiger partial charge in [0.25, 0.3) is 5.91 Å². The van der Waals surface area contributed by atoms with Gasteiger partial charge in [-0.25, -0.2) is 0 Å². The summed E-state index contributed by atoms with van der Waals surface area (Å²) >= 11 is 0. The van der Waals surface area contributed by atoms with Crippen LogP contribution < -0.4 is 5.32 Å². The van der Waals surface area contributed by atoms with Crippen LogP contribution in [0.25, 0.3) is 0 Å². The van der Waals surface area contributed by atoms with E-state index < -0.39 is 4.92 Å². The highest BCUT2D eigenvalue weighted by molar-refractivity contribution is 6.05. The van der Waals surface area contributed by atoms with Crippen molar-refractivity contribution in [1.82, 2.24) is 19.6 Å². The number of aryl methyl sites for hydroxylation is 3. The Morgan fingerprint density at radius 1 is 0.914 bits per heavy atom. The first-order valence-corrected chi connectivity index (χ1v) is 11.3. The number of rotatable bonds is 7. The molecule has 0 aliphatic carbocycles. The second-order valence-electron chi connectivity index (χ2n) is 8.72. The fraction of sp³-hybridized carbons (Fsp3) is 0.269. The number of hydrogen-bond donors (Lipinski definition) is 1. The molecule has 2 aromatic carbocycles. The van der Waals surface area contributed by atoms with Crippen molar-refractivity contribution < 1.29 is 9.72 Å². The van der Waals surface area contributed by atoms with Crippen molar-refractivity contribution in [3.63, 3.8) is 0 Å². The molecule has 35 heavy (non-hydrogen) atoms. The van der Waals surface area contributed by atoms with Crippen molar-refractivity contribution in [1.29, 1.82) is 0 Å². The third-order valence-corrected chi connectivity index (χ3v) is 6.25. The van der Waals surface area contributed by atoms with Crippen LogP contribution in [0.3, 0.4) is 0 Å². The molecular weight excluding hydrogens is 444 g/mol. The molecular formula is C26H28N6O3. The largest absolute Gasteiger partial charge is 0.319 e. The first-order chi connectivity index (χ1) is 16.7. The van der Waals surface area contributed by atoms with E-state index in [1.54, 1.807) is 36.7 Å². The number of aromatic nitrogens is 4. The summed E-state index contributed by atoms with van der Waals surface area (Å²) in [4.78, 5) is 24.0. The molecule has 4 rings (SSSR count). The lowest BCUT2D eigenvalue weighted by molar-refractivity contribution is -0.386. The summed E-state index contributed by atoms with van der Waals surface area (Å²) in [5.74, 6) is -0.243. The van der Waals surface area contributed by atoms with E-state index in [0.29, 0.717) is 35.7 Å². The van der Waals surface area contributed by atoms with Gasteiger partial charge < -0.3 is 5.32 Å². The van der Waals surface area contributed by atoms with Crippen molar-refractivity contribution in [2.75, 3.05) is 5.32 Å². The van der Waals surface area contributed by atoms with E-state index in [1.165, 1.54) is 11.1 Å². The highest BCUT2D eigenvalue weighted by Gasteiger charge is 2.22. The van der Waals surface area contributed by atoms with E-state index in [9.17, 15) is 14.9 Å². The molecule has 0 radical (unpaired) electrons. The lowest BCUT2D eigenvalue weighted by Gasteiger charge is -2.10. The van der Waals surface area contributed by atoms with Crippen molar-refractivity contribution in [2.45, 2.75) is 47.7 Å². The van der Waals surface area contributed by atoms with Crippen LogP contribution in [0.5, 0.6) is 0 Å². The van der Waals surface area contributed by atoms with Crippen LogP contribution in [0.1, 0.15) is 49.8 Å². The van der Waals surface area contributed by atoms with Gasteiger partial charge in [0.1, 0.15) is 11.4 Å². The molecule has 0 bridgehead atoms. The Balaban J connectivity index is 1.53. The van der Waals surface area contributed by atoms with Crippen molar-refractivity contribution in [2.24, 2.45) is 0 Å². The zero-order chi connectivity index (χ0) is 25.3. The van der Waals surface area contributed by atoms with Crippen LogP contribution in [0.4, 0.5) is 11.4 Å². The van der Waals surface area contributed by atoms with E-state index >= 15 is 0 Å². The van der Waals surface area contributed by atoms with Crippen LogP contribution >= 0.6 is 0 Å². The molecule has 9 heteroatoms. The highest BCUT2D eigenvalue weighted by Crippen LogP contribution is 2.24. The zero-order valence-corrected chi connectivity index (χ0v) is 20.5. The zero-order valence-electron chi connectivity index (χ0n) is 20.5. The fourth-order valence-electron chi connectivity index (χ4n) is 4.26. The van der Waals surface area contributed by atoms with Gasteiger partial charge in [0.15, 0.2) is 0 Å². The summed E-state index contributed by atoms with van der Waals surface area (Å²) in [7, 11) is 0. The Kier molecular flexibility index (Phi) is 6.50. The van der Waals surface area contributed by atoms with Gasteiger partial charge in [-0.3, -0.25) is 24.3 Å². The van der Waals surface area contributed by atoms with Gasteiger partial charge >= 0.3 is 5.69 Å². The SMILES string of the molecule is Cc1ccccc1Cn1nc(C)c(NC(=O)c2cccc(Cn3nc(C)c([N+](=O)[O-])c3C)c2)c1C. The van der Waals surface area contributed by atoms with Crippen LogP contribution in [0.2, 0.25) is 0 Å². The van der Waals surface area contributed by atoms with Crippen LogP contribution in [0, 0.1) is 44.7 Å². The lowest BCUT2D eigenvalue weighted by atomic mass is 10.1. The molecule has 0 spiro atoms. The molecule has 2 aromatic heterocycles. The summed E-state index contributed by atoms with van der Waals surface area (Å²) in [6.45, 7) is 10.1. The van der Waals surface area contributed by atoms with Crippen LogP contribution in [-0.4, -0.2) is 30.4 Å². The van der Waals surface area contributed by atoms with Crippen LogP contribution in [0.15, 0.2) is 48.5 Å². The van der Waals surface area contributed by atoms with Gasteiger partial charge in [-0.2, -0.15) is 10.2 Å². The number of nitrogens with one attached hydrogen (secondary N) is 1. The minimum atomic E-state index is -0.415. The number of benzene rings is 2. The lowest BCUT2D eigenvalue weighted by Crippen LogP contribution is -2.14. The van der Waals surface area contributed by atoms with E-state index in [2.05, 4.69) is 34.6 Å². The highest BCUT2D eigenvalue weighted by atomic mass is 16.6. The maximum absolute atomic E-state index is 13.1. The van der Waals surface area contributed by atoms with Gasteiger partial charge in [0.05, 0.1) is 35.1 Å². The molecule has 180 valence electrons. The number of carbonyl (C=O) groups is 1. The van der Waals surface area contributed by atoms with E-state index in [-0.39, 0.29) is 11.6 Å². The quantitative estimate of drug-likeness (QED) is 0.305. The molecule has 0 saturated carbocycles. The number of carbonyl (C=O) groups excluding carboxylic acids is 1. The normalized spacial score (nSPS) is 11.0. The number of amides is 1. The van der Waals surface area contributed by atoms with Crippen molar-refractivity contribution in [3.05, 3.63) is 104 Å². The summed E-state index contributed by atoms with van der Waals surface area (Å²) in [5.41, 5.74) is 6.87. The minimum absolute atomic E-state index is 0.0209. The summed E-state index contributed by atoms with van der Waals surface area (Å²) in [5, 5.41) is 23.2. The maximum Gasteiger partial charge on any atom is 0.312 e. The van der Waals surface area contributed by atoms with E-state index in [0.717, 1.165) is 17.0 Å². The number of nitro groups is 1. The molecule has 0 fully saturated rings. The van der Waals surface area contributed by atoms with Gasteiger partial charge in [-0.1, -0.05) is 36.4 Å². The number of anilines is 1. The smallest absolute Gasteiger partial charge is 0.312 e. The molecule has 1 N–H and O–H groups in total. The molecule has 0 atom stereocenters. The van der Waals surface area contributed by atoms with Crippen molar-refractivity contribution in [3.8, 4) is 0 Å². The molecule has 0 aliphatic heterocycles. The molecule has 9 nitrogen and oxygen atoms in total. The van der Waals surface area contributed by atoms with E-state index in [1.807, 2.05) is 36.7 Å². The van der Waals surface area contributed by atoms with E-state index in [4.69, 9.17) is 0 Å². The van der Waals surface area contributed by atoms with Crippen LogP contribution in [-0.2, 0) is 13.1 Å². The Morgan fingerprint density at radius 3 is 2.29 bits per heavy atom. The Labute approximate surface area is 203 Å². The number of nitrogens with zero attached hydrogens (tertiary/aromatic N) is 5. The molecule has 0 unspecified atom stereocenters. The first-order valence-electron chi connectivity index (χ1n) is 11.3. The molecule has 1 amide bonds.